The summed E-state index contributed by atoms with van der Waals surface area (Å²) < 4.78 is 25.7. The molecule has 0 radical (unpaired) electrons. The molecule has 1 aliphatic heterocycles. The van der Waals surface area contributed by atoms with Crippen molar-refractivity contribution < 1.29 is 28.2 Å². The number of hydrogen-bond acceptors (Lipinski definition) is 7. The number of hydrogen-bond donors (Lipinski definition) is 4. The van der Waals surface area contributed by atoms with E-state index in [1.54, 1.807) is 6.92 Å². The zero-order valence-corrected chi connectivity index (χ0v) is 29.9. The fraction of sp³-hybridized carbons (Fsp3) is 0.684. The van der Waals surface area contributed by atoms with E-state index in [4.69, 9.17) is 0 Å². The molecule has 0 aromatic heterocycles. The number of aliphatic hydroxyl groups excluding tert-OH is 2. The van der Waals surface area contributed by atoms with E-state index in [1.807, 2.05) is 49.4 Å². The van der Waals surface area contributed by atoms with Gasteiger partial charge in [0.1, 0.15) is 12.1 Å². The standard InChI is InChI=1S/C38H59N3O6S/c1-3-5-21-33(39-37(44)31(27-48(46,47)4-2)25-30-19-14-18-29-17-10-11-20-32(29)30)38(45)40-34(24-28-15-8-6-9-16-28)36(43)35(42)26-41-22-12-7-13-23-41/h10-11,14,17-20,28,31,33-36,42-43H,3-9,12-13,15-16,21-27H2,1-2H3,(H,39,44)(H,40,45)/t31-,33+,34+,35+,36-/m1/s1. The number of aliphatic hydroxyl groups is 2. The highest BCUT2D eigenvalue weighted by molar-refractivity contribution is 7.91. The second-order valence-corrected chi connectivity index (χ2v) is 16.6. The van der Waals surface area contributed by atoms with Gasteiger partial charge < -0.3 is 25.7 Å². The van der Waals surface area contributed by atoms with Crippen LogP contribution in [0.1, 0.15) is 96.5 Å². The van der Waals surface area contributed by atoms with Crippen LogP contribution in [-0.4, -0.2) is 90.8 Å². The Balaban J connectivity index is 1.53. The molecule has 1 heterocycles. The van der Waals surface area contributed by atoms with Crippen molar-refractivity contribution in [3.05, 3.63) is 48.0 Å². The number of sulfone groups is 1. The van der Waals surface area contributed by atoms with Crippen LogP contribution in [0.4, 0.5) is 0 Å². The number of likely N-dealkylation sites (tertiary alicyclic amines) is 1. The molecule has 10 heteroatoms. The molecule has 4 N–H and O–H groups in total. The van der Waals surface area contributed by atoms with Gasteiger partial charge in [-0.2, -0.15) is 0 Å². The number of piperidine rings is 1. The average molecular weight is 686 g/mol. The molecule has 2 amide bonds. The molecule has 1 saturated carbocycles. The third kappa shape index (κ3) is 11.5. The number of carbonyl (C=O) groups excluding carboxylic acids is 2. The minimum atomic E-state index is -3.50. The van der Waals surface area contributed by atoms with Crippen molar-refractivity contribution in [3.8, 4) is 0 Å². The van der Waals surface area contributed by atoms with Crippen molar-refractivity contribution in [2.45, 2.75) is 122 Å². The van der Waals surface area contributed by atoms with E-state index in [0.29, 0.717) is 31.7 Å². The van der Waals surface area contributed by atoms with Crippen molar-refractivity contribution in [1.29, 1.82) is 0 Å². The minimum absolute atomic E-state index is 0.0768. The topological polar surface area (TPSA) is 136 Å². The summed E-state index contributed by atoms with van der Waals surface area (Å²) >= 11 is 0. The maximum atomic E-state index is 14.0. The van der Waals surface area contributed by atoms with E-state index >= 15 is 0 Å². The summed E-state index contributed by atoms with van der Waals surface area (Å²) in [6.45, 7) is 5.73. The SMILES string of the molecule is CCCC[C@H](NC(=O)[C@H](Cc1cccc2ccccc12)CS(=O)(=O)CC)C(=O)N[C@@H](CC1CCCCC1)[C@@H](O)[C@@H](O)CN1CCCCC1. The van der Waals surface area contributed by atoms with Crippen LogP contribution in [0.25, 0.3) is 10.8 Å². The lowest BCUT2D eigenvalue weighted by Crippen LogP contribution is -2.57. The second kappa shape index (κ2) is 19.0. The third-order valence-electron chi connectivity index (χ3n) is 10.4. The van der Waals surface area contributed by atoms with Crippen molar-refractivity contribution >= 4 is 32.4 Å². The maximum absolute atomic E-state index is 14.0. The van der Waals surface area contributed by atoms with Gasteiger partial charge in [-0.05, 0) is 67.4 Å². The van der Waals surface area contributed by atoms with Gasteiger partial charge >= 0.3 is 0 Å². The van der Waals surface area contributed by atoms with Crippen LogP contribution in [0.2, 0.25) is 0 Å². The number of unbranched alkanes of at least 4 members (excludes halogenated alkanes) is 1. The van der Waals surface area contributed by atoms with E-state index in [1.165, 1.54) is 12.8 Å². The summed E-state index contributed by atoms with van der Waals surface area (Å²) in [4.78, 5) is 30.2. The van der Waals surface area contributed by atoms with Gasteiger partial charge in [0.15, 0.2) is 9.84 Å². The highest BCUT2D eigenvalue weighted by Crippen LogP contribution is 2.29. The zero-order valence-electron chi connectivity index (χ0n) is 29.1. The molecule has 4 rings (SSSR count). The molecule has 0 bridgehead atoms. The van der Waals surface area contributed by atoms with Crippen LogP contribution in [-0.2, 0) is 25.8 Å². The van der Waals surface area contributed by atoms with Gasteiger partial charge in [0.2, 0.25) is 11.8 Å². The van der Waals surface area contributed by atoms with Gasteiger partial charge in [0.05, 0.1) is 23.8 Å². The van der Waals surface area contributed by atoms with Gasteiger partial charge in [-0.3, -0.25) is 9.59 Å². The number of fused-ring (bicyclic) bond motifs is 1. The lowest BCUT2D eigenvalue weighted by molar-refractivity contribution is -0.132. The molecule has 1 aliphatic carbocycles. The number of nitrogens with zero attached hydrogens (tertiary/aromatic N) is 1. The van der Waals surface area contributed by atoms with Crippen LogP contribution in [0, 0.1) is 11.8 Å². The molecular weight excluding hydrogens is 627 g/mol. The van der Waals surface area contributed by atoms with Gasteiger partial charge in [0.25, 0.3) is 0 Å². The Morgan fingerprint density at radius 3 is 2.29 bits per heavy atom. The maximum Gasteiger partial charge on any atom is 0.242 e. The normalized spacial score (nSPS) is 19.7. The largest absolute Gasteiger partial charge is 0.389 e. The number of carbonyl (C=O) groups is 2. The Morgan fingerprint density at radius 2 is 1.58 bits per heavy atom. The minimum Gasteiger partial charge on any atom is -0.389 e. The molecule has 2 fully saturated rings. The summed E-state index contributed by atoms with van der Waals surface area (Å²) in [5.41, 5.74) is 0.882. The summed E-state index contributed by atoms with van der Waals surface area (Å²) in [5, 5.41) is 30.6. The van der Waals surface area contributed by atoms with Crippen molar-refractivity contribution in [1.82, 2.24) is 15.5 Å². The van der Waals surface area contributed by atoms with Crippen molar-refractivity contribution in [3.63, 3.8) is 0 Å². The number of β-amino-alcohol motifs (C(OH)–C–C–N with tert-alkyl or cyclic N) is 1. The molecule has 2 aliphatic rings. The predicted molar refractivity (Wildman–Crippen MR) is 192 cm³/mol. The molecule has 9 nitrogen and oxygen atoms in total. The molecule has 1 saturated heterocycles. The summed E-state index contributed by atoms with van der Waals surface area (Å²) in [6, 6.07) is 12.1. The van der Waals surface area contributed by atoms with Crippen LogP contribution >= 0.6 is 0 Å². The quantitative estimate of drug-likeness (QED) is 0.178. The predicted octanol–water partition coefficient (Wildman–Crippen LogP) is 4.77. The fourth-order valence-corrected chi connectivity index (χ4v) is 8.60. The fourth-order valence-electron chi connectivity index (χ4n) is 7.49. The average Bonchev–Trinajstić information content (AvgIpc) is 3.10. The van der Waals surface area contributed by atoms with E-state index in [-0.39, 0.29) is 17.9 Å². The zero-order chi connectivity index (χ0) is 34.5. The molecule has 2 aromatic rings. The number of nitrogens with one attached hydrogen (secondary N) is 2. The Labute approximate surface area is 288 Å². The van der Waals surface area contributed by atoms with Gasteiger partial charge in [-0.15, -0.1) is 0 Å². The van der Waals surface area contributed by atoms with Crippen LogP contribution in [0.3, 0.4) is 0 Å². The summed E-state index contributed by atoms with van der Waals surface area (Å²) in [7, 11) is -3.50. The van der Waals surface area contributed by atoms with Crippen molar-refractivity contribution in [2.24, 2.45) is 11.8 Å². The smallest absolute Gasteiger partial charge is 0.242 e. The molecule has 0 spiro atoms. The summed E-state index contributed by atoms with van der Waals surface area (Å²) in [6.07, 6.45) is 9.32. The molecule has 48 heavy (non-hydrogen) atoms. The van der Waals surface area contributed by atoms with Crippen LogP contribution in [0.15, 0.2) is 42.5 Å². The summed E-state index contributed by atoms with van der Waals surface area (Å²) in [5.74, 6) is -1.80. The molecule has 268 valence electrons. The van der Waals surface area contributed by atoms with Gasteiger partial charge in [-0.25, -0.2) is 8.42 Å². The third-order valence-corrected chi connectivity index (χ3v) is 12.2. The van der Waals surface area contributed by atoms with Crippen LogP contribution < -0.4 is 10.6 Å². The van der Waals surface area contributed by atoms with Crippen molar-refractivity contribution in [2.75, 3.05) is 31.1 Å². The number of amides is 2. The van der Waals surface area contributed by atoms with E-state index in [2.05, 4.69) is 15.5 Å². The van der Waals surface area contributed by atoms with Gasteiger partial charge in [-0.1, -0.05) is 108 Å². The first-order valence-electron chi connectivity index (χ1n) is 18.5. The monoisotopic (exact) mass is 685 g/mol. The highest BCUT2D eigenvalue weighted by Gasteiger charge is 2.35. The lowest BCUT2D eigenvalue weighted by atomic mass is 9.83. The Hall–Kier alpha value is -2.53. The van der Waals surface area contributed by atoms with E-state index < -0.39 is 51.9 Å². The lowest BCUT2D eigenvalue weighted by Gasteiger charge is -2.35. The first-order chi connectivity index (χ1) is 23.1. The highest BCUT2D eigenvalue weighted by atomic mass is 32.2. The number of benzene rings is 2. The van der Waals surface area contributed by atoms with Crippen LogP contribution in [0.5, 0.6) is 0 Å². The molecule has 2 aromatic carbocycles. The number of rotatable bonds is 18. The second-order valence-electron chi connectivity index (χ2n) is 14.2. The first-order valence-corrected chi connectivity index (χ1v) is 20.3. The Kier molecular flexibility index (Phi) is 15.2. The molecule has 0 unspecified atom stereocenters. The Bertz CT molecular complexity index is 1400. The Morgan fingerprint density at radius 1 is 0.896 bits per heavy atom. The molecule has 5 atom stereocenters. The van der Waals surface area contributed by atoms with E-state index in [9.17, 15) is 28.2 Å². The van der Waals surface area contributed by atoms with E-state index in [0.717, 1.165) is 74.4 Å². The van der Waals surface area contributed by atoms with Gasteiger partial charge in [0, 0.05) is 12.3 Å². The first kappa shape index (κ1) is 38.3. The molecular formula is C38H59N3O6S.